The van der Waals surface area contributed by atoms with Crippen LogP contribution in [0.15, 0.2) is 0 Å². The van der Waals surface area contributed by atoms with Gasteiger partial charge in [0.05, 0.1) is 14.2 Å². The highest BCUT2D eigenvalue weighted by Gasteiger charge is 2.52. The maximum Gasteiger partial charge on any atom is 0.323 e. The highest BCUT2D eigenvalue weighted by atomic mass is 16.7. The average molecular weight is 308 g/mol. The second kappa shape index (κ2) is 9.67. The normalized spacial score (nSPS) is 11.8. The molecule has 8 nitrogen and oxygen atoms in total. The van der Waals surface area contributed by atoms with Crippen LogP contribution < -0.4 is 0 Å². The number of hydrogen-bond donors (Lipinski definition) is 0. The van der Waals surface area contributed by atoms with Gasteiger partial charge in [-0.1, -0.05) is 0 Å². The summed E-state index contributed by atoms with van der Waals surface area (Å²) in [6.07, 6.45) is -1.78. The van der Waals surface area contributed by atoms with Crippen LogP contribution in [0, 0.1) is 5.41 Å². The van der Waals surface area contributed by atoms with E-state index < -0.39 is 29.9 Å². The zero-order valence-corrected chi connectivity index (χ0v) is 13.3. The zero-order chi connectivity index (χ0) is 16.5. The molecule has 0 aromatic heterocycles. The van der Waals surface area contributed by atoms with Crippen LogP contribution in [0.5, 0.6) is 0 Å². The molecule has 0 rings (SSSR count). The van der Waals surface area contributed by atoms with Gasteiger partial charge < -0.3 is 28.4 Å². The lowest BCUT2D eigenvalue weighted by Crippen LogP contribution is -2.47. The molecule has 0 saturated heterocycles. The Balaban J connectivity index is 5.62. The first-order valence-electron chi connectivity index (χ1n) is 6.23. The van der Waals surface area contributed by atoms with Crippen molar-refractivity contribution in [3.8, 4) is 0 Å². The van der Waals surface area contributed by atoms with E-state index in [1.54, 1.807) is 0 Å². The molecular weight excluding hydrogens is 284 g/mol. The van der Waals surface area contributed by atoms with E-state index >= 15 is 0 Å². The summed E-state index contributed by atoms with van der Waals surface area (Å²) in [6, 6.07) is 0. The smallest absolute Gasteiger partial charge is 0.323 e. The summed E-state index contributed by atoms with van der Waals surface area (Å²) in [6.45, 7) is 0. The number of rotatable bonds is 10. The summed E-state index contributed by atoms with van der Waals surface area (Å²) < 4.78 is 29.8. The molecule has 21 heavy (non-hydrogen) atoms. The van der Waals surface area contributed by atoms with Crippen LogP contribution in [-0.4, -0.2) is 67.2 Å². The minimum absolute atomic E-state index is 0.0947. The SMILES string of the molecule is COC(=O)C(CC(OC)OC)(CC(OC)OC)C(=O)OC. The molecule has 0 unspecified atom stereocenters. The van der Waals surface area contributed by atoms with E-state index in [0.717, 1.165) is 0 Å². The molecule has 0 aromatic rings. The van der Waals surface area contributed by atoms with Crippen molar-refractivity contribution in [3.63, 3.8) is 0 Å². The topological polar surface area (TPSA) is 89.5 Å². The molecule has 8 heteroatoms. The highest BCUT2D eigenvalue weighted by molar-refractivity contribution is 6.00. The maximum absolute atomic E-state index is 12.2. The Morgan fingerprint density at radius 3 is 1.19 bits per heavy atom. The highest BCUT2D eigenvalue weighted by Crippen LogP contribution is 2.35. The minimum Gasteiger partial charge on any atom is -0.468 e. The number of esters is 2. The first-order valence-corrected chi connectivity index (χ1v) is 6.23. The van der Waals surface area contributed by atoms with Gasteiger partial charge in [0.15, 0.2) is 18.0 Å². The zero-order valence-electron chi connectivity index (χ0n) is 13.3. The summed E-state index contributed by atoms with van der Waals surface area (Å²) >= 11 is 0. The fourth-order valence-corrected chi connectivity index (χ4v) is 1.99. The van der Waals surface area contributed by atoms with Crippen molar-refractivity contribution in [2.45, 2.75) is 25.4 Å². The van der Waals surface area contributed by atoms with Gasteiger partial charge in [-0.3, -0.25) is 9.59 Å². The Kier molecular flexibility index (Phi) is 9.11. The van der Waals surface area contributed by atoms with Gasteiger partial charge in [0.2, 0.25) is 0 Å². The fraction of sp³-hybridized carbons (Fsp3) is 0.846. The first-order chi connectivity index (χ1) is 9.95. The Hall–Kier alpha value is -1.22. The van der Waals surface area contributed by atoms with E-state index in [1.807, 2.05) is 0 Å². The van der Waals surface area contributed by atoms with Crippen LogP contribution in [-0.2, 0) is 38.0 Å². The number of methoxy groups -OCH3 is 6. The van der Waals surface area contributed by atoms with Gasteiger partial charge in [0.1, 0.15) is 0 Å². The van der Waals surface area contributed by atoms with Crippen LogP contribution in [0.4, 0.5) is 0 Å². The van der Waals surface area contributed by atoms with Crippen molar-refractivity contribution in [1.29, 1.82) is 0 Å². The van der Waals surface area contributed by atoms with E-state index in [0.29, 0.717) is 0 Å². The van der Waals surface area contributed by atoms with Crippen molar-refractivity contribution >= 4 is 11.9 Å². The molecule has 124 valence electrons. The average Bonchev–Trinajstić information content (AvgIpc) is 2.54. The summed E-state index contributed by atoms with van der Waals surface area (Å²) in [5, 5.41) is 0. The van der Waals surface area contributed by atoms with Crippen molar-refractivity contribution in [3.05, 3.63) is 0 Å². The molecule has 0 aliphatic rings. The Morgan fingerprint density at radius 2 is 1.00 bits per heavy atom. The van der Waals surface area contributed by atoms with Gasteiger partial charge in [-0.25, -0.2) is 0 Å². The largest absolute Gasteiger partial charge is 0.468 e. The molecule has 0 spiro atoms. The Bertz CT molecular complexity index is 290. The van der Waals surface area contributed by atoms with Gasteiger partial charge in [0, 0.05) is 41.3 Å². The van der Waals surface area contributed by atoms with Gasteiger partial charge in [-0.15, -0.1) is 0 Å². The lowest BCUT2D eigenvalue weighted by Gasteiger charge is -2.32. The third kappa shape index (κ3) is 4.92. The van der Waals surface area contributed by atoms with Crippen molar-refractivity contribution in [1.82, 2.24) is 0 Å². The van der Waals surface area contributed by atoms with Gasteiger partial charge in [-0.2, -0.15) is 0 Å². The molecule has 0 amide bonds. The van der Waals surface area contributed by atoms with Crippen LogP contribution >= 0.6 is 0 Å². The Labute approximate surface area is 124 Å². The predicted molar refractivity (Wildman–Crippen MR) is 71.3 cm³/mol. The van der Waals surface area contributed by atoms with E-state index in [2.05, 4.69) is 0 Å². The van der Waals surface area contributed by atoms with E-state index in [1.165, 1.54) is 42.7 Å². The standard InChI is InChI=1S/C13H24O8/c1-16-9(17-2)7-13(11(14)20-5,12(15)21-6)8-10(18-3)19-4/h9-10H,7-8H2,1-6H3. The van der Waals surface area contributed by atoms with Crippen LogP contribution in [0.2, 0.25) is 0 Å². The summed E-state index contributed by atoms with van der Waals surface area (Å²) in [5.41, 5.74) is -1.66. The molecule has 0 aliphatic heterocycles. The van der Waals surface area contributed by atoms with Crippen LogP contribution in [0.25, 0.3) is 0 Å². The van der Waals surface area contributed by atoms with E-state index in [4.69, 9.17) is 28.4 Å². The molecule has 0 saturated carbocycles. The molecule has 0 N–H and O–H groups in total. The summed E-state index contributed by atoms with van der Waals surface area (Å²) in [7, 11) is 7.97. The van der Waals surface area contributed by atoms with Crippen molar-refractivity contribution in [2.75, 3.05) is 42.7 Å². The fourth-order valence-electron chi connectivity index (χ4n) is 1.99. The van der Waals surface area contributed by atoms with E-state index in [-0.39, 0.29) is 12.8 Å². The number of ether oxygens (including phenoxy) is 6. The van der Waals surface area contributed by atoms with Crippen molar-refractivity contribution < 1.29 is 38.0 Å². The predicted octanol–water partition coefficient (Wildman–Crippen LogP) is 0.337. The molecule has 0 aromatic carbocycles. The first kappa shape index (κ1) is 19.8. The Morgan fingerprint density at radius 1 is 0.714 bits per heavy atom. The van der Waals surface area contributed by atoms with E-state index in [9.17, 15) is 9.59 Å². The molecule has 0 bridgehead atoms. The number of carbonyl (C=O) groups excluding carboxylic acids is 2. The molecule has 0 radical (unpaired) electrons. The van der Waals surface area contributed by atoms with Gasteiger partial charge in [-0.05, 0) is 0 Å². The van der Waals surface area contributed by atoms with Gasteiger partial charge in [0.25, 0.3) is 0 Å². The maximum atomic E-state index is 12.2. The molecule has 0 atom stereocenters. The quantitative estimate of drug-likeness (QED) is 0.324. The summed E-state index contributed by atoms with van der Waals surface area (Å²) in [5.74, 6) is -1.54. The second-order valence-corrected chi connectivity index (χ2v) is 4.28. The molecule has 0 heterocycles. The van der Waals surface area contributed by atoms with Gasteiger partial charge >= 0.3 is 11.9 Å². The monoisotopic (exact) mass is 308 g/mol. The lowest BCUT2D eigenvalue weighted by atomic mass is 9.80. The summed E-state index contributed by atoms with van der Waals surface area (Å²) in [4.78, 5) is 24.4. The molecule has 0 aliphatic carbocycles. The second-order valence-electron chi connectivity index (χ2n) is 4.28. The number of carbonyl (C=O) groups is 2. The third-order valence-corrected chi connectivity index (χ3v) is 3.23. The lowest BCUT2D eigenvalue weighted by molar-refractivity contribution is -0.195. The minimum atomic E-state index is -1.66. The third-order valence-electron chi connectivity index (χ3n) is 3.23. The van der Waals surface area contributed by atoms with Crippen LogP contribution in [0.1, 0.15) is 12.8 Å². The molecule has 0 fully saturated rings. The van der Waals surface area contributed by atoms with Crippen LogP contribution in [0.3, 0.4) is 0 Å². The number of hydrogen-bond acceptors (Lipinski definition) is 8. The molecular formula is C13H24O8. The van der Waals surface area contributed by atoms with Crippen molar-refractivity contribution in [2.24, 2.45) is 5.41 Å².